The summed E-state index contributed by atoms with van der Waals surface area (Å²) >= 11 is 0. The second-order valence-electron chi connectivity index (χ2n) is 9.20. The minimum Gasteiger partial charge on any atom is -0.393 e. The molecule has 0 radical (unpaired) electrons. The molecule has 4 fully saturated rings. The summed E-state index contributed by atoms with van der Waals surface area (Å²) in [7, 11) is 0. The maximum absolute atomic E-state index is 12.6. The topological polar surface area (TPSA) is 86.7 Å². The van der Waals surface area contributed by atoms with Crippen LogP contribution in [0.4, 0.5) is 0 Å². The van der Waals surface area contributed by atoms with E-state index in [9.17, 15) is 19.2 Å². The highest BCUT2D eigenvalue weighted by atomic mass is 16.6. The standard InChI is InChI=1S/C22H22O6/c23-19-13-8-12(9-4-2-1-3-5-9)14-10-6-7-11(15(14)18(13)22(26)27-19)17-16(10)20(24)28-21(17)25/h6-7,9-11,13,15-18H,1-5,8H2. The molecule has 0 aromatic rings. The first-order valence-electron chi connectivity index (χ1n) is 10.5. The molecular weight excluding hydrogens is 360 g/mol. The van der Waals surface area contributed by atoms with Crippen LogP contribution >= 0.6 is 0 Å². The Hall–Kier alpha value is -2.24. The molecule has 2 bridgehead atoms. The Labute approximate surface area is 162 Å². The molecule has 6 heteroatoms. The van der Waals surface area contributed by atoms with Crippen molar-refractivity contribution in [3.63, 3.8) is 0 Å². The molecule has 2 aliphatic heterocycles. The molecule has 2 heterocycles. The van der Waals surface area contributed by atoms with Crippen LogP contribution in [0, 0.1) is 47.3 Å². The van der Waals surface area contributed by atoms with Crippen LogP contribution in [-0.4, -0.2) is 23.9 Å². The van der Waals surface area contributed by atoms with Crippen LogP contribution in [-0.2, 0) is 28.7 Å². The van der Waals surface area contributed by atoms with Gasteiger partial charge in [0.05, 0.1) is 23.7 Å². The molecule has 7 rings (SSSR count). The highest BCUT2D eigenvalue weighted by Gasteiger charge is 2.66. The summed E-state index contributed by atoms with van der Waals surface area (Å²) in [4.78, 5) is 49.9. The van der Waals surface area contributed by atoms with Crippen LogP contribution in [0.3, 0.4) is 0 Å². The number of ether oxygens (including phenoxy) is 2. The number of cyclic esters (lactones) is 4. The second kappa shape index (κ2) is 5.65. The van der Waals surface area contributed by atoms with Gasteiger partial charge >= 0.3 is 23.9 Å². The van der Waals surface area contributed by atoms with Gasteiger partial charge in [-0.15, -0.1) is 0 Å². The minimum atomic E-state index is -0.536. The van der Waals surface area contributed by atoms with Gasteiger partial charge in [0.15, 0.2) is 0 Å². The molecule has 5 aliphatic carbocycles. The summed E-state index contributed by atoms with van der Waals surface area (Å²) in [6.45, 7) is 0. The zero-order valence-corrected chi connectivity index (χ0v) is 15.5. The predicted octanol–water partition coefficient (Wildman–Crippen LogP) is 2.33. The van der Waals surface area contributed by atoms with Crippen molar-refractivity contribution >= 4 is 23.9 Å². The Bertz CT molecular complexity index is 875. The summed E-state index contributed by atoms with van der Waals surface area (Å²) < 4.78 is 10.1. The molecular formula is C22H22O6. The maximum Gasteiger partial charge on any atom is 0.318 e. The third-order valence-corrected chi connectivity index (χ3v) is 8.11. The molecule has 0 amide bonds. The summed E-state index contributed by atoms with van der Waals surface area (Å²) in [5.74, 6) is -4.07. The van der Waals surface area contributed by atoms with Gasteiger partial charge < -0.3 is 9.47 Å². The van der Waals surface area contributed by atoms with Crippen molar-refractivity contribution in [2.75, 3.05) is 0 Å². The van der Waals surface area contributed by atoms with Gasteiger partial charge in [-0.1, -0.05) is 42.6 Å². The second-order valence-corrected chi connectivity index (χ2v) is 9.20. The fourth-order valence-electron chi connectivity index (χ4n) is 7.08. The largest absolute Gasteiger partial charge is 0.393 e. The highest BCUT2D eigenvalue weighted by Crippen LogP contribution is 2.62. The van der Waals surface area contributed by atoms with E-state index in [1.807, 2.05) is 12.2 Å². The molecule has 0 aromatic carbocycles. The Morgan fingerprint density at radius 2 is 1.39 bits per heavy atom. The Morgan fingerprint density at radius 1 is 0.714 bits per heavy atom. The van der Waals surface area contributed by atoms with Gasteiger partial charge in [-0.05, 0) is 31.1 Å². The number of hydrogen-bond donors (Lipinski definition) is 0. The number of fused-ring (bicyclic) bond motifs is 1. The first-order valence-corrected chi connectivity index (χ1v) is 10.5. The third kappa shape index (κ3) is 1.98. The SMILES string of the molecule is O=C1OC(=O)C2C1CC(C1CCCCC1)=C1C3C=CC(C4C(=O)OC(=O)C34)C12. The van der Waals surface area contributed by atoms with Gasteiger partial charge in [0.25, 0.3) is 0 Å². The van der Waals surface area contributed by atoms with E-state index < -0.39 is 47.5 Å². The van der Waals surface area contributed by atoms with Crippen molar-refractivity contribution < 1.29 is 28.7 Å². The van der Waals surface area contributed by atoms with Gasteiger partial charge in [0.2, 0.25) is 0 Å². The van der Waals surface area contributed by atoms with E-state index in [1.54, 1.807) is 0 Å². The molecule has 2 saturated carbocycles. The molecule has 146 valence electrons. The Balaban J connectivity index is 1.54. The number of carbonyl (C=O) groups is 4. The quantitative estimate of drug-likeness (QED) is 0.393. The fourth-order valence-corrected chi connectivity index (χ4v) is 7.08. The van der Waals surface area contributed by atoms with Gasteiger partial charge in [-0.25, -0.2) is 0 Å². The third-order valence-electron chi connectivity index (χ3n) is 8.11. The first kappa shape index (κ1) is 16.7. The molecule has 7 atom stereocenters. The van der Waals surface area contributed by atoms with E-state index in [1.165, 1.54) is 24.8 Å². The lowest BCUT2D eigenvalue weighted by atomic mass is 9.48. The normalized spacial score (nSPS) is 44.4. The van der Waals surface area contributed by atoms with Crippen molar-refractivity contribution in [3.8, 4) is 0 Å². The molecule has 6 nitrogen and oxygen atoms in total. The summed E-state index contributed by atoms with van der Waals surface area (Å²) in [6, 6.07) is 0. The van der Waals surface area contributed by atoms with Crippen LogP contribution in [0.15, 0.2) is 23.3 Å². The molecule has 0 N–H and O–H groups in total. The predicted molar refractivity (Wildman–Crippen MR) is 94.0 cm³/mol. The summed E-state index contributed by atoms with van der Waals surface area (Å²) in [5, 5.41) is 0. The Kier molecular flexibility index (Phi) is 3.37. The lowest BCUT2D eigenvalue weighted by Crippen LogP contribution is -2.52. The van der Waals surface area contributed by atoms with E-state index in [0.717, 1.165) is 18.4 Å². The van der Waals surface area contributed by atoms with Crippen LogP contribution in [0.5, 0.6) is 0 Å². The minimum absolute atomic E-state index is 0.194. The average Bonchev–Trinajstić information content (AvgIpc) is 3.18. The van der Waals surface area contributed by atoms with Crippen LogP contribution in [0.2, 0.25) is 0 Å². The monoisotopic (exact) mass is 382 g/mol. The number of carbonyl (C=O) groups excluding carboxylic acids is 4. The van der Waals surface area contributed by atoms with E-state index in [4.69, 9.17) is 9.47 Å². The number of hydrogen-bond acceptors (Lipinski definition) is 6. The van der Waals surface area contributed by atoms with Crippen LogP contribution in [0.25, 0.3) is 0 Å². The first-order chi connectivity index (χ1) is 13.6. The smallest absolute Gasteiger partial charge is 0.318 e. The van der Waals surface area contributed by atoms with Crippen molar-refractivity contribution in [1.29, 1.82) is 0 Å². The molecule has 0 spiro atoms. The van der Waals surface area contributed by atoms with E-state index in [-0.39, 0.29) is 17.8 Å². The lowest BCUT2D eigenvalue weighted by molar-refractivity contribution is -0.156. The van der Waals surface area contributed by atoms with Crippen molar-refractivity contribution in [2.24, 2.45) is 47.3 Å². The number of rotatable bonds is 1. The molecule has 28 heavy (non-hydrogen) atoms. The highest BCUT2D eigenvalue weighted by molar-refractivity contribution is 6.00. The summed E-state index contributed by atoms with van der Waals surface area (Å²) in [6.07, 6.45) is 10.3. The van der Waals surface area contributed by atoms with Gasteiger partial charge in [-0.3, -0.25) is 19.2 Å². The molecule has 0 aromatic heterocycles. The number of esters is 4. The molecule has 7 unspecified atom stereocenters. The van der Waals surface area contributed by atoms with Gasteiger partial charge in [0, 0.05) is 11.8 Å². The molecule has 2 saturated heterocycles. The van der Waals surface area contributed by atoms with E-state index in [2.05, 4.69) is 0 Å². The number of allylic oxidation sites excluding steroid dienone is 4. The average molecular weight is 382 g/mol. The summed E-state index contributed by atoms with van der Waals surface area (Å²) in [5.41, 5.74) is 2.42. The van der Waals surface area contributed by atoms with E-state index in [0.29, 0.717) is 12.3 Å². The van der Waals surface area contributed by atoms with Gasteiger partial charge in [-0.2, -0.15) is 0 Å². The fraction of sp³-hybridized carbons (Fsp3) is 0.636. The van der Waals surface area contributed by atoms with Crippen molar-refractivity contribution in [1.82, 2.24) is 0 Å². The molecule has 7 aliphatic rings. The van der Waals surface area contributed by atoms with Gasteiger partial charge in [0.1, 0.15) is 0 Å². The van der Waals surface area contributed by atoms with E-state index >= 15 is 0 Å². The van der Waals surface area contributed by atoms with Crippen LogP contribution in [0.1, 0.15) is 38.5 Å². The zero-order chi connectivity index (χ0) is 19.2. The zero-order valence-electron chi connectivity index (χ0n) is 15.5. The lowest BCUT2D eigenvalue weighted by Gasteiger charge is -2.51. The van der Waals surface area contributed by atoms with Crippen LogP contribution < -0.4 is 0 Å². The Morgan fingerprint density at radius 3 is 2.18 bits per heavy atom. The van der Waals surface area contributed by atoms with Crippen molar-refractivity contribution in [2.45, 2.75) is 38.5 Å². The maximum atomic E-state index is 12.6. The van der Waals surface area contributed by atoms with Crippen molar-refractivity contribution in [3.05, 3.63) is 23.3 Å².